The first kappa shape index (κ1) is 19.8. The van der Waals surface area contributed by atoms with Crippen LogP contribution in [0.25, 0.3) is 0 Å². The average Bonchev–Trinajstić information content (AvgIpc) is 2.74. The van der Waals surface area contributed by atoms with Gasteiger partial charge in [0, 0.05) is 0 Å². The summed E-state index contributed by atoms with van der Waals surface area (Å²) in [6.07, 6.45) is 12.5. The Kier molecular flexibility index (Phi) is 7.65. The summed E-state index contributed by atoms with van der Waals surface area (Å²) >= 11 is 0. The van der Waals surface area contributed by atoms with Gasteiger partial charge in [-0.3, -0.25) is 0 Å². The number of rotatable bonds is 6. The third-order valence-electron chi connectivity index (χ3n) is 5.52. The van der Waals surface area contributed by atoms with Crippen LogP contribution in [0.15, 0.2) is 48.6 Å². The molecular weight excluding hydrogens is 338 g/mol. The lowest BCUT2D eigenvalue weighted by Crippen LogP contribution is -2.42. The minimum Gasteiger partial charge on any atom is -0.370 e. The van der Waals surface area contributed by atoms with Gasteiger partial charge in [0.05, 0.1) is 37.6 Å². The molecule has 3 rings (SSSR count). The van der Waals surface area contributed by atoms with Gasteiger partial charge < -0.3 is 14.2 Å². The molecule has 1 aliphatic carbocycles. The normalized spacial score (nSPS) is 29.2. The van der Waals surface area contributed by atoms with E-state index in [4.69, 9.17) is 19.5 Å². The highest BCUT2D eigenvalue weighted by molar-refractivity contribution is 5.33. The minimum atomic E-state index is -0.258. The van der Waals surface area contributed by atoms with Crippen molar-refractivity contribution < 1.29 is 14.2 Å². The predicted molar refractivity (Wildman–Crippen MR) is 105 cm³/mol. The van der Waals surface area contributed by atoms with Crippen LogP contribution in [0.3, 0.4) is 0 Å². The number of allylic oxidation sites excluding steroid dienone is 3. The van der Waals surface area contributed by atoms with Crippen molar-refractivity contribution in [1.82, 2.24) is 0 Å². The number of nitrogens with zero attached hydrogens (tertiary/aromatic N) is 1. The SMILES string of the molecule is CC=CC=CCO[C@@H]1CO[C@@H]([C@H]2CC[C@H](c3ccc(C#N)cc3)CC2)CO1. The summed E-state index contributed by atoms with van der Waals surface area (Å²) in [5.74, 6) is 1.16. The smallest absolute Gasteiger partial charge is 0.181 e. The first-order valence-electron chi connectivity index (χ1n) is 9.93. The van der Waals surface area contributed by atoms with E-state index in [1.807, 2.05) is 43.4 Å². The fraction of sp³-hybridized carbons (Fsp3) is 0.522. The van der Waals surface area contributed by atoms with Crippen molar-refractivity contribution in [2.45, 2.75) is 50.9 Å². The molecule has 1 aliphatic heterocycles. The highest BCUT2D eigenvalue weighted by Crippen LogP contribution is 2.38. The lowest BCUT2D eigenvalue weighted by molar-refractivity contribution is -0.240. The molecule has 0 unspecified atom stereocenters. The molecule has 0 radical (unpaired) electrons. The first-order valence-corrected chi connectivity index (χ1v) is 9.93. The number of ether oxygens (including phenoxy) is 3. The van der Waals surface area contributed by atoms with E-state index in [9.17, 15) is 0 Å². The van der Waals surface area contributed by atoms with E-state index >= 15 is 0 Å². The monoisotopic (exact) mass is 367 g/mol. The summed E-state index contributed by atoms with van der Waals surface area (Å²) in [7, 11) is 0. The van der Waals surface area contributed by atoms with Gasteiger partial charge in [0.15, 0.2) is 6.29 Å². The molecule has 2 aliphatic rings. The molecule has 2 fully saturated rings. The minimum absolute atomic E-state index is 0.185. The molecule has 27 heavy (non-hydrogen) atoms. The molecule has 0 amide bonds. The van der Waals surface area contributed by atoms with Gasteiger partial charge in [-0.25, -0.2) is 0 Å². The Bertz CT molecular complexity index is 658. The second-order valence-corrected chi connectivity index (χ2v) is 7.27. The van der Waals surface area contributed by atoms with E-state index in [-0.39, 0.29) is 12.4 Å². The number of hydrogen-bond acceptors (Lipinski definition) is 4. The van der Waals surface area contributed by atoms with Crippen molar-refractivity contribution in [1.29, 1.82) is 5.26 Å². The summed E-state index contributed by atoms with van der Waals surface area (Å²) in [5.41, 5.74) is 2.09. The zero-order valence-corrected chi connectivity index (χ0v) is 16.0. The third kappa shape index (κ3) is 5.77. The average molecular weight is 367 g/mol. The molecule has 1 aromatic carbocycles. The van der Waals surface area contributed by atoms with Crippen LogP contribution in [-0.2, 0) is 14.2 Å². The van der Waals surface area contributed by atoms with E-state index in [1.165, 1.54) is 18.4 Å². The van der Waals surface area contributed by atoms with Crippen LogP contribution in [0.1, 0.15) is 49.7 Å². The zero-order valence-electron chi connectivity index (χ0n) is 16.0. The zero-order chi connectivity index (χ0) is 18.9. The summed E-state index contributed by atoms with van der Waals surface area (Å²) < 4.78 is 17.6. The van der Waals surface area contributed by atoms with Gasteiger partial charge in [-0.15, -0.1) is 0 Å². The fourth-order valence-corrected chi connectivity index (χ4v) is 3.93. The van der Waals surface area contributed by atoms with Crippen LogP contribution >= 0.6 is 0 Å². The van der Waals surface area contributed by atoms with Gasteiger partial charge in [-0.05, 0) is 62.1 Å². The van der Waals surface area contributed by atoms with Crippen molar-refractivity contribution in [3.63, 3.8) is 0 Å². The second-order valence-electron chi connectivity index (χ2n) is 7.27. The van der Waals surface area contributed by atoms with Gasteiger partial charge in [0.1, 0.15) is 0 Å². The Morgan fingerprint density at radius 3 is 2.48 bits per heavy atom. The predicted octanol–water partition coefficient (Wildman–Crippen LogP) is 4.72. The molecule has 0 bridgehead atoms. The summed E-state index contributed by atoms with van der Waals surface area (Å²) in [6, 6.07) is 10.2. The summed E-state index contributed by atoms with van der Waals surface area (Å²) in [6.45, 7) is 3.66. The molecule has 2 atom stereocenters. The lowest BCUT2D eigenvalue weighted by atomic mass is 9.76. The molecule has 0 aromatic heterocycles. The molecule has 1 saturated carbocycles. The first-order chi connectivity index (χ1) is 13.3. The van der Waals surface area contributed by atoms with Crippen LogP contribution in [-0.4, -0.2) is 32.2 Å². The molecular formula is C23H29NO3. The molecule has 0 spiro atoms. The van der Waals surface area contributed by atoms with Crippen molar-refractivity contribution in [3.8, 4) is 6.07 Å². The Hall–Kier alpha value is -1.93. The largest absolute Gasteiger partial charge is 0.370 e. The van der Waals surface area contributed by atoms with Crippen molar-refractivity contribution >= 4 is 0 Å². The van der Waals surface area contributed by atoms with Crippen LogP contribution in [0.2, 0.25) is 0 Å². The Morgan fingerprint density at radius 2 is 1.85 bits per heavy atom. The molecule has 4 heteroatoms. The molecule has 1 aromatic rings. The number of hydrogen-bond donors (Lipinski definition) is 0. The van der Waals surface area contributed by atoms with E-state index in [0.717, 1.165) is 18.4 Å². The number of nitriles is 1. The van der Waals surface area contributed by atoms with Crippen LogP contribution in [0.4, 0.5) is 0 Å². The summed E-state index contributed by atoms with van der Waals surface area (Å²) in [4.78, 5) is 0. The van der Waals surface area contributed by atoms with Crippen molar-refractivity contribution in [2.24, 2.45) is 5.92 Å². The Labute approximate surface area is 162 Å². The van der Waals surface area contributed by atoms with E-state index in [2.05, 4.69) is 18.2 Å². The van der Waals surface area contributed by atoms with Gasteiger partial charge in [0.2, 0.25) is 0 Å². The molecule has 1 saturated heterocycles. The van der Waals surface area contributed by atoms with Crippen LogP contribution < -0.4 is 0 Å². The van der Waals surface area contributed by atoms with Crippen molar-refractivity contribution in [3.05, 3.63) is 59.7 Å². The quantitative estimate of drug-likeness (QED) is 0.683. The van der Waals surface area contributed by atoms with Gasteiger partial charge in [0.25, 0.3) is 0 Å². The molecule has 144 valence electrons. The van der Waals surface area contributed by atoms with Crippen LogP contribution in [0.5, 0.6) is 0 Å². The van der Waals surface area contributed by atoms with Crippen LogP contribution in [0, 0.1) is 17.2 Å². The van der Waals surface area contributed by atoms with Gasteiger partial charge >= 0.3 is 0 Å². The molecule has 4 nitrogen and oxygen atoms in total. The maximum Gasteiger partial charge on any atom is 0.181 e. The highest BCUT2D eigenvalue weighted by atomic mass is 16.7. The maximum absolute atomic E-state index is 8.93. The molecule has 1 heterocycles. The fourth-order valence-electron chi connectivity index (χ4n) is 3.93. The molecule has 0 N–H and O–H groups in total. The standard InChI is InChI=1S/C23H29NO3/c1-2-3-4-5-14-25-23-17-26-22(16-27-23)21-12-10-20(11-13-21)19-8-6-18(15-24)7-9-19/h2-9,20-23H,10-14,16-17H2,1H3/t20-,21-,22-,23+/m1/s1. The second kappa shape index (κ2) is 10.4. The number of benzene rings is 1. The van der Waals surface area contributed by atoms with Crippen molar-refractivity contribution in [2.75, 3.05) is 19.8 Å². The highest BCUT2D eigenvalue weighted by Gasteiger charge is 2.32. The summed E-state index contributed by atoms with van der Waals surface area (Å²) in [5, 5.41) is 8.93. The topological polar surface area (TPSA) is 51.5 Å². The van der Waals surface area contributed by atoms with E-state index in [1.54, 1.807) is 0 Å². The lowest BCUT2D eigenvalue weighted by Gasteiger charge is -2.37. The third-order valence-corrected chi connectivity index (χ3v) is 5.52. The van der Waals surface area contributed by atoms with E-state index in [0.29, 0.717) is 31.7 Å². The van der Waals surface area contributed by atoms with E-state index < -0.39 is 0 Å². The maximum atomic E-state index is 8.93. The Morgan fingerprint density at radius 1 is 1.07 bits per heavy atom. The Balaban J connectivity index is 1.38. The van der Waals surface area contributed by atoms with Gasteiger partial charge in [-0.1, -0.05) is 36.4 Å². The van der Waals surface area contributed by atoms with Gasteiger partial charge in [-0.2, -0.15) is 5.26 Å².